The van der Waals surface area contributed by atoms with Gasteiger partial charge in [0.1, 0.15) is 10.8 Å². The highest BCUT2D eigenvalue weighted by molar-refractivity contribution is 7.91. The van der Waals surface area contributed by atoms with Crippen LogP contribution in [0.4, 0.5) is 10.5 Å². The molecule has 2 heterocycles. The van der Waals surface area contributed by atoms with Crippen molar-refractivity contribution in [1.82, 2.24) is 4.72 Å². The summed E-state index contributed by atoms with van der Waals surface area (Å²) in [6.07, 6.45) is -0.378. The Morgan fingerprint density at radius 2 is 2.13 bits per heavy atom. The standard InChI is InChI=1S/C15H16N2O4S2/c1-11-5-6-14(22-11)23(19,20)16-10-12-3-2-4-13(9-12)17-7-8-21-15(17)18/h2-6,9,16H,7-8,10H2,1H3. The van der Waals surface area contributed by atoms with E-state index in [1.54, 1.807) is 30.3 Å². The maximum atomic E-state index is 12.2. The van der Waals surface area contributed by atoms with Crippen molar-refractivity contribution in [2.45, 2.75) is 17.7 Å². The van der Waals surface area contributed by atoms with E-state index < -0.39 is 10.0 Å². The average molecular weight is 352 g/mol. The summed E-state index contributed by atoms with van der Waals surface area (Å²) in [7, 11) is -3.52. The molecule has 1 N–H and O–H groups in total. The number of thiophene rings is 1. The summed E-state index contributed by atoms with van der Waals surface area (Å²) in [4.78, 5) is 14.1. The molecule has 0 unspecified atom stereocenters. The molecule has 1 aliphatic rings. The smallest absolute Gasteiger partial charge is 0.414 e. The molecule has 23 heavy (non-hydrogen) atoms. The lowest BCUT2D eigenvalue weighted by Gasteiger charge is -2.14. The van der Waals surface area contributed by atoms with Gasteiger partial charge in [0.2, 0.25) is 10.0 Å². The molecule has 0 radical (unpaired) electrons. The number of carbonyl (C=O) groups excluding carboxylic acids is 1. The lowest BCUT2D eigenvalue weighted by molar-refractivity contribution is 0.181. The van der Waals surface area contributed by atoms with E-state index in [1.807, 2.05) is 13.0 Å². The Balaban J connectivity index is 1.72. The van der Waals surface area contributed by atoms with Gasteiger partial charge in [-0.25, -0.2) is 17.9 Å². The van der Waals surface area contributed by atoms with Crippen LogP contribution in [0.2, 0.25) is 0 Å². The number of rotatable bonds is 5. The number of nitrogens with zero attached hydrogens (tertiary/aromatic N) is 1. The largest absolute Gasteiger partial charge is 0.447 e. The SMILES string of the molecule is Cc1ccc(S(=O)(=O)NCc2cccc(N3CCOC3=O)c2)s1. The molecule has 0 bridgehead atoms. The number of carbonyl (C=O) groups is 1. The van der Waals surface area contributed by atoms with E-state index in [0.29, 0.717) is 23.0 Å². The third-order valence-electron chi connectivity index (χ3n) is 3.43. The van der Waals surface area contributed by atoms with Gasteiger partial charge in [-0.15, -0.1) is 11.3 Å². The van der Waals surface area contributed by atoms with Crippen LogP contribution in [0.25, 0.3) is 0 Å². The number of anilines is 1. The number of benzene rings is 1. The molecule has 0 spiro atoms. The molecular formula is C15H16N2O4S2. The van der Waals surface area contributed by atoms with E-state index in [1.165, 1.54) is 16.2 Å². The van der Waals surface area contributed by atoms with Crippen LogP contribution in [0.15, 0.2) is 40.6 Å². The van der Waals surface area contributed by atoms with E-state index in [4.69, 9.17) is 4.74 Å². The van der Waals surface area contributed by atoms with Crippen LogP contribution in [-0.4, -0.2) is 27.7 Å². The second-order valence-corrected chi connectivity index (χ2v) is 8.41. The number of hydrogen-bond acceptors (Lipinski definition) is 5. The molecule has 0 saturated carbocycles. The number of hydrogen-bond donors (Lipinski definition) is 1. The number of sulfonamides is 1. The molecule has 1 aromatic heterocycles. The van der Waals surface area contributed by atoms with E-state index in [-0.39, 0.29) is 12.6 Å². The predicted octanol–water partition coefficient (Wildman–Crippen LogP) is 2.49. The highest BCUT2D eigenvalue weighted by Gasteiger charge is 2.23. The van der Waals surface area contributed by atoms with Crippen molar-refractivity contribution in [1.29, 1.82) is 0 Å². The van der Waals surface area contributed by atoms with Crippen molar-refractivity contribution < 1.29 is 17.9 Å². The number of nitrogens with one attached hydrogen (secondary N) is 1. The molecular weight excluding hydrogens is 336 g/mol. The zero-order chi connectivity index (χ0) is 16.4. The van der Waals surface area contributed by atoms with Crippen molar-refractivity contribution in [3.05, 3.63) is 46.8 Å². The van der Waals surface area contributed by atoms with Crippen LogP contribution in [-0.2, 0) is 21.3 Å². The molecule has 6 nitrogen and oxygen atoms in total. The van der Waals surface area contributed by atoms with E-state index in [2.05, 4.69) is 4.72 Å². The van der Waals surface area contributed by atoms with Crippen molar-refractivity contribution in [2.24, 2.45) is 0 Å². The van der Waals surface area contributed by atoms with Crippen molar-refractivity contribution in [2.75, 3.05) is 18.1 Å². The fraction of sp³-hybridized carbons (Fsp3) is 0.267. The molecule has 2 aromatic rings. The number of ether oxygens (including phenoxy) is 1. The van der Waals surface area contributed by atoms with Gasteiger partial charge in [-0.1, -0.05) is 12.1 Å². The highest BCUT2D eigenvalue weighted by Crippen LogP contribution is 2.22. The molecule has 1 aromatic carbocycles. The summed E-state index contributed by atoms with van der Waals surface area (Å²) < 4.78 is 32.2. The maximum Gasteiger partial charge on any atom is 0.414 e. The molecule has 0 atom stereocenters. The third kappa shape index (κ3) is 3.54. The highest BCUT2D eigenvalue weighted by atomic mass is 32.2. The molecule has 8 heteroatoms. The first-order chi connectivity index (χ1) is 11.0. The maximum absolute atomic E-state index is 12.2. The van der Waals surface area contributed by atoms with Gasteiger partial charge in [-0.2, -0.15) is 0 Å². The minimum absolute atomic E-state index is 0.163. The van der Waals surface area contributed by atoms with Gasteiger partial charge in [0.15, 0.2) is 0 Å². The third-order valence-corrected chi connectivity index (χ3v) is 6.32. The molecule has 1 saturated heterocycles. The van der Waals surface area contributed by atoms with Gasteiger partial charge < -0.3 is 4.74 Å². The minimum Gasteiger partial charge on any atom is -0.447 e. The van der Waals surface area contributed by atoms with E-state index in [9.17, 15) is 13.2 Å². The first-order valence-electron chi connectivity index (χ1n) is 7.05. The Labute approximate surface area is 138 Å². The second-order valence-electron chi connectivity index (χ2n) is 5.13. The second kappa shape index (κ2) is 6.31. The summed E-state index contributed by atoms with van der Waals surface area (Å²) in [5.41, 5.74) is 1.48. The summed E-state index contributed by atoms with van der Waals surface area (Å²) in [6, 6.07) is 10.6. The van der Waals surface area contributed by atoms with Gasteiger partial charge in [0, 0.05) is 17.1 Å². The predicted molar refractivity (Wildman–Crippen MR) is 88.2 cm³/mol. The Bertz CT molecular complexity index is 830. The van der Waals surface area contributed by atoms with Crippen LogP contribution < -0.4 is 9.62 Å². The fourth-order valence-corrected chi connectivity index (χ4v) is 4.61. The van der Waals surface area contributed by atoms with Crippen molar-refractivity contribution in [3.8, 4) is 0 Å². The van der Waals surface area contributed by atoms with Crippen LogP contribution in [0, 0.1) is 6.92 Å². The first kappa shape index (κ1) is 16.0. The van der Waals surface area contributed by atoms with Crippen molar-refractivity contribution in [3.63, 3.8) is 0 Å². The minimum atomic E-state index is -3.52. The van der Waals surface area contributed by atoms with Gasteiger partial charge in [-0.3, -0.25) is 4.90 Å². The summed E-state index contributed by atoms with van der Waals surface area (Å²) >= 11 is 1.23. The quantitative estimate of drug-likeness (QED) is 0.897. The topological polar surface area (TPSA) is 75.7 Å². The van der Waals surface area contributed by atoms with Gasteiger partial charge in [-0.05, 0) is 36.8 Å². The Morgan fingerprint density at radius 3 is 2.78 bits per heavy atom. The van der Waals surface area contributed by atoms with Crippen molar-refractivity contribution >= 4 is 33.1 Å². The first-order valence-corrected chi connectivity index (χ1v) is 9.35. The number of aryl methyl sites for hydroxylation is 1. The summed E-state index contributed by atoms with van der Waals surface area (Å²) in [6.45, 7) is 2.90. The zero-order valence-electron chi connectivity index (χ0n) is 12.5. The van der Waals surface area contributed by atoms with Gasteiger partial charge in [0.25, 0.3) is 0 Å². The number of amides is 1. The molecule has 1 aliphatic heterocycles. The molecule has 1 amide bonds. The molecule has 122 valence electrons. The van der Waals surface area contributed by atoms with Gasteiger partial charge >= 0.3 is 6.09 Å². The van der Waals surface area contributed by atoms with Crippen LogP contribution in [0.5, 0.6) is 0 Å². The Morgan fingerprint density at radius 1 is 1.30 bits per heavy atom. The van der Waals surface area contributed by atoms with Crippen LogP contribution in [0.1, 0.15) is 10.4 Å². The summed E-state index contributed by atoms with van der Waals surface area (Å²) in [5, 5.41) is 0. The normalized spacial score (nSPS) is 15.0. The Hall–Kier alpha value is -1.90. The lowest BCUT2D eigenvalue weighted by Crippen LogP contribution is -2.24. The van der Waals surface area contributed by atoms with Crippen LogP contribution >= 0.6 is 11.3 Å². The molecule has 0 aliphatic carbocycles. The molecule has 3 rings (SSSR count). The molecule has 1 fully saturated rings. The van der Waals surface area contributed by atoms with E-state index in [0.717, 1.165) is 10.4 Å². The monoisotopic (exact) mass is 352 g/mol. The van der Waals surface area contributed by atoms with E-state index >= 15 is 0 Å². The zero-order valence-corrected chi connectivity index (χ0v) is 14.1. The lowest BCUT2D eigenvalue weighted by atomic mass is 10.2. The Kier molecular flexibility index (Phi) is 4.38. The average Bonchev–Trinajstić information content (AvgIpc) is 3.14. The van der Waals surface area contributed by atoms with Crippen LogP contribution in [0.3, 0.4) is 0 Å². The number of cyclic esters (lactones) is 1. The fourth-order valence-electron chi connectivity index (χ4n) is 2.27. The van der Waals surface area contributed by atoms with Gasteiger partial charge in [0.05, 0.1) is 6.54 Å². The summed E-state index contributed by atoms with van der Waals surface area (Å²) in [5.74, 6) is 0.